The standard InChI is InChI=1S/C27H26FN5O4S2/c28-20-13-19(32-27(34)31-18-2-3-18)4-6-23(20)37-24-7-8-29-22-14-25(38-26(22)24)21-5-1-17(15-30-21)16-33-9-11-39(35,36)12-10-33/h1,4-8,13-15,18H,2-3,9-12,16H2,(H2,31,32,34). The van der Waals surface area contributed by atoms with Crippen LogP contribution in [0.2, 0.25) is 0 Å². The van der Waals surface area contributed by atoms with Gasteiger partial charge in [0.05, 0.1) is 32.3 Å². The summed E-state index contributed by atoms with van der Waals surface area (Å²) in [5.74, 6) is 0.308. The lowest BCUT2D eigenvalue weighted by atomic mass is 10.2. The lowest BCUT2D eigenvalue weighted by Gasteiger charge is -2.26. The van der Waals surface area contributed by atoms with Crippen molar-refractivity contribution in [1.29, 1.82) is 0 Å². The van der Waals surface area contributed by atoms with E-state index in [1.807, 2.05) is 24.4 Å². The van der Waals surface area contributed by atoms with E-state index in [0.717, 1.165) is 33.7 Å². The Bertz CT molecular complexity index is 1620. The van der Waals surface area contributed by atoms with Crippen LogP contribution in [0, 0.1) is 5.82 Å². The van der Waals surface area contributed by atoms with Crippen molar-refractivity contribution in [2.75, 3.05) is 29.9 Å². The Labute approximate surface area is 229 Å². The summed E-state index contributed by atoms with van der Waals surface area (Å²) >= 11 is 1.45. The van der Waals surface area contributed by atoms with Gasteiger partial charge >= 0.3 is 6.03 Å². The zero-order valence-corrected chi connectivity index (χ0v) is 22.5. The molecule has 0 radical (unpaired) electrons. The summed E-state index contributed by atoms with van der Waals surface area (Å²) in [5, 5.41) is 5.44. The average Bonchev–Trinajstić information content (AvgIpc) is 3.61. The summed E-state index contributed by atoms with van der Waals surface area (Å²) in [4.78, 5) is 24.0. The van der Waals surface area contributed by atoms with Crippen molar-refractivity contribution < 1.29 is 22.3 Å². The molecule has 0 bridgehead atoms. The zero-order chi connectivity index (χ0) is 27.0. The number of urea groups is 1. The third-order valence-corrected chi connectivity index (χ3v) is 9.39. The number of fused-ring (bicyclic) bond motifs is 1. The highest BCUT2D eigenvalue weighted by molar-refractivity contribution is 7.91. The first-order valence-corrected chi connectivity index (χ1v) is 15.3. The fourth-order valence-electron chi connectivity index (χ4n) is 4.31. The molecule has 2 N–H and O–H groups in total. The van der Waals surface area contributed by atoms with Gasteiger partial charge in [0.25, 0.3) is 0 Å². The van der Waals surface area contributed by atoms with Crippen molar-refractivity contribution in [2.45, 2.75) is 25.4 Å². The van der Waals surface area contributed by atoms with Crippen molar-refractivity contribution in [2.24, 2.45) is 0 Å². The van der Waals surface area contributed by atoms with E-state index in [4.69, 9.17) is 4.74 Å². The van der Waals surface area contributed by atoms with Crippen molar-refractivity contribution in [3.8, 4) is 22.1 Å². The number of ether oxygens (including phenoxy) is 1. The summed E-state index contributed by atoms with van der Waals surface area (Å²) in [6.45, 7) is 1.72. The van der Waals surface area contributed by atoms with Crippen LogP contribution >= 0.6 is 11.3 Å². The summed E-state index contributed by atoms with van der Waals surface area (Å²) in [7, 11) is -2.91. The Kier molecular flexibility index (Phi) is 6.92. The van der Waals surface area contributed by atoms with Gasteiger partial charge in [-0.05, 0) is 42.7 Å². The van der Waals surface area contributed by atoms with E-state index in [1.54, 1.807) is 18.3 Å². The Hall–Kier alpha value is -3.61. The molecule has 1 saturated heterocycles. The SMILES string of the molecule is O=C(Nc1ccc(Oc2ccnc3cc(-c4ccc(CN5CCS(=O)(=O)CC5)cn4)sc23)c(F)c1)NC1CC1. The largest absolute Gasteiger partial charge is 0.453 e. The van der Waals surface area contributed by atoms with Gasteiger partial charge in [0, 0.05) is 55.9 Å². The number of anilines is 1. The fourth-order valence-corrected chi connectivity index (χ4v) is 6.63. The molecular formula is C27H26FN5O4S2. The number of thiophene rings is 1. The van der Waals surface area contributed by atoms with Gasteiger partial charge in [0.15, 0.2) is 21.4 Å². The molecule has 1 saturated carbocycles. The zero-order valence-electron chi connectivity index (χ0n) is 20.9. The highest BCUT2D eigenvalue weighted by Gasteiger charge is 2.24. The van der Waals surface area contributed by atoms with Gasteiger partial charge in [-0.15, -0.1) is 11.3 Å². The number of sulfone groups is 1. The predicted molar refractivity (Wildman–Crippen MR) is 148 cm³/mol. The summed E-state index contributed by atoms with van der Waals surface area (Å²) < 4.78 is 44.8. The first-order chi connectivity index (χ1) is 18.8. The lowest BCUT2D eigenvalue weighted by Crippen LogP contribution is -2.39. The number of hydrogen-bond donors (Lipinski definition) is 2. The van der Waals surface area contributed by atoms with E-state index in [-0.39, 0.29) is 29.3 Å². The molecule has 1 aliphatic heterocycles. The maximum atomic E-state index is 14.8. The maximum Gasteiger partial charge on any atom is 0.319 e. The van der Waals surface area contributed by atoms with Gasteiger partial charge in [-0.2, -0.15) is 0 Å². The molecule has 2 aliphatic rings. The molecule has 2 fully saturated rings. The Morgan fingerprint density at radius 3 is 2.62 bits per heavy atom. The van der Waals surface area contributed by atoms with Crippen molar-refractivity contribution in [3.05, 3.63) is 66.2 Å². The Balaban J connectivity index is 1.15. The van der Waals surface area contributed by atoms with E-state index in [2.05, 4.69) is 25.5 Å². The molecule has 39 heavy (non-hydrogen) atoms. The third kappa shape index (κ3) is 6.18. The van der Waals surface area contributed by atoms with Crippen LogP contribution in [0.5, 0.6) is 11.5 Å². The number of halogens is 1. The minimum atomic E-state index is -2.91. The van der Waals surface area contributed by atoms with Gasteiger partial charge in [-0.25, -0.2) is 17.6 Å². The molecule has 0 spiro atoms. The van der Waals surface area contributed by atoms with Crippen molar-refractivity contribution in [3.63, 3.8) is 0 Å². The van der Waals surface area contributed by atoms with Crippen molar-refractivity contribution in [1.82, 2.24) is 20.2 Å². The van der Waals surface area contributed by atoms with E-state index in [9.17, 15) is 17.6 Å². The number of hydrogen-bond acceptors (Lipinski definition) is 8. The van der Waals surface area contributed by atoms with E-state index >= 15 is 0 Å². The molecule has 4 heterocycles. The first-order valence-electron chi connectivity index (χ1n) is 12.6. The predicted octanol–water partition coefficient (Wildman–Crippen LogP) is 4.80. The van der Waals surface area contributed by atoms with E-state index < -0.39 is 15.7 Å². The number of rotatable bonds is 7. The van der Waals surface area contributed by atoms with Crippen LogP contribution in [0.4, 0.5) is 14.9 Å². The minimum absolute atomic E-state index is 0.0404. The molecule has 3 aromatic heterocycles. The number of nitrogens with one attached hydrogen (secondary N) is 2. The van der Waals surface area contributed by atoms with Gasteiger partial charge in [0.2, 0.25) is 0 Å². The molecule has 12 heteroatoms. The molecule has 4 aromatic rings. The Morgan fingerprint density at radius 1 is 1.08 bits per heavy atom. The van der Waals surface area contributed by atoms with Crippen LogP contribution in [0.3, 0.4) is 0 Å². The van der Waals surface area contributed by atoms with Crippen LogP contribution in [0.25, 0.3) is 20.8 Å². The number of carbonyl (C=O) groups is 1. The molecule has 6 rings (SSSR count). The highest BCUT2D eigenvalue weighted by Crippen LogP contribution is 2.39. The number of benzene rings is 1. The number of aromatic nitrogens is 2. The minimum Gasteiger partial charge on any atom is -0.453 e. The van der Waals surface area contributed by atoms with Gasteiger partial charge in [-0.1, -0.05) is 6.07 Å². The monoisotopic (exact) mass is 567 g/mol. The Morgan fingerprint density at radius 2 is 1.90 bits per heavy atom. The van der Waals surface area contributed by atoms with Gasteiger partial charge in [-0.3, -0.25) is 14.9 Å². The second-order valence-electron chi connectivity index (χ2n) is 9.73. The smallest absolute Gasteiger partial charge is 0.319 e. The molecule has 1 aromatic carbocycles. The molecule has 1 aliphatic carbocycles. The number of pyridine rings is 2. The lowest BCUT2D eigenvalue weighted by molar-refractivity contribution is 0.251. The number of nitrogens with zero attached hydrogens (tertiary/aromatic N) is 3. The molecule has 0 atom stereocenters. The quantitative estimate of drug-likeness (QED) is 0.330. The topological polar surface area (TPSA) is 114 Å². The van der Waals surface area contributed by atoms with Gasteiger partial charge in [0.1, 0.15) is 5.75 Å². The molecular weight excluding hydrogens is 541 g/mol. The summed E-state index contributed by atoms with van der Waals surface area (Å²) in [5.41, 5.74) is 2.85. The molecule has 2 amide bonds. The normalized spacial score (nSPS) is 17.2. The number of amides is 2. The van der Waals surface area contributed by atoms with Crippen molar-refractivity contribution >= 4 is 43.1 Å². The molecule has 9 nitrogen and oxygen atoms in total. The van der Waals surface area contributed by atoms with Crippen LogP contribution in [-0.2, 0) is 16.4 Å². The summed E-state index contributed by atoms with van der Waals surface area (Å²) in [6, 6.07) is 11.7. The van der Waals surface area contributed by atoms with Gasteiger partial charge < -0.3 is 15.4 Å². The fraction of sp³-hybridized carbons (Fsp3) is 0.296. The van der Waals surface area contributed by atoms with Crippen LogP contribution < -0.4 is 15.4 Å². The first kappa shape index (κ1) is 25.7. The van der Waals surface area contributed by atoms with E-state index in [1.165, 1.54) is 23.5 Å². The third-order valence-electron chi connectivity index (χ3n) is 6.62. The maximum absolute atomic E-state index is 14.8. The van der Waals surface area contributed by atoms with Crippen LogP contribution in [0.1, 0.15) is 18.4 Å². The average molecular weight is 568 g/mol. The molecule has 202 valence electrons. The highest BCUT2D eigenvalue weighted by atomic mass is 32.2. The summed E-state index contributed by atoms with van der Waals surface area (Å²) in [6.07, 6.45) is 5.36. The molecule has 0 unspecified atom stereocenters. The van der Waals surface area contributed by atoms with Crippen LogP contribution in [0.15, 0.2) is 54.9 Å². The number of carbonyl (C=O) groups excluding carboxylic acids is 1. The second-order valence-corrected chi connectivity index (χ2v) is 13.1. The second kappa shape index (κ2) is 10.5. The van der Waals surface area contributed by atoms with E-state index in [0.29, 0.717) is 36.6 Å². The van der Waals surface area contributed by atoms with Crippen LogP contribution in [-0.4, -0.2) is 60.0 Å².